The van der Waals surface area contributed by atoms with E-state index in [2.05, 4.69) is 53.2 Å². The lowest BCUT2D eigenvalue weighted by Gasteiger charge is -2.06. The molecule has 0 aliphatic heterocycles. The van der Waals surface area contributed by atoms with Gasteiger partial charge in [0.15, 0.2) is 5.82 Å². The second-order valence-corrected chi connectivity index (χ2v) is 7.02. The molecule has 0 unspecified atom stereocenters. The Hall–Kier alpha value is -0.740. The summed E-state index contributed by atoms with van der Waals surface area (Å²) in [5, 5.41) is 0. The van der Waals surface area contributed by atoms with Gasteiger partial charge < -0.3 is 0 Å². The zero-order valence-corrected chi connectivity index (χ0v) is 13.4. The van der Waals surface area contributed by atoms with Crippen LogP contribution in [0.5, 0.6) is 0 Å². The maximum absolute atomic E-state index is 12.0. The molecule has 2 rings (SSSR count). The number of halogens is 2. The van der Waals surface area contributed by atoms with Crippen molar-refractivity contribution in [2.45, 2.75) is 4.90 Å². The molecule has 0 spiro atoms. The van der Waals surface area contributed by atoms with Crippen molar-refractivity contribution in [3.63, 3.8) is 0 Å². The fourth-order valence-corrected chi connectivity index (χ4v) is 2.73. The van der Waals surface area contributed by atoms with Crippen LogP contribution in [0.3, 0.4) is 0 Å². The highest BCUT2D eigenvalue weighted by atomic mass is 127. The van der Waals surface area contributed by atoms with Crippen molar-refractivity contribution in [1.82, 2.24) is 9.97 Å². The highest BCUT2D eigenvalue weighted by Gasteiger charge is 2.14. The quantitative estimate of drug-likeness (QED) is 0.746. The summed E-state index contributed by atoms with van der Waals surface area (Å²) in [5.41, 5.74) is 0. The van der Waals surface area contributed by atoms with Crippen molar-refractivity contribution in [2.75, 3.05) is 4.72 Å². The third-order valence-electron chi connectivity index (χ3n) is 1.98. The molecule has 0 saturated heterocycles. The van der Waals surface area contributed by atoms with Crippen LogP contribution >= 0.6 is 38.5 Å². The maximum Gasteiger partial charge on any atom is 0.263 e. The van der Waals surface area contributed by atoms with E-state index in [1.165, 1.54) is 24.5 Å². The molecule has 0 fully saturated rings. The Balaban J connectivity index is 2.27. The van der Waals surface area contributed by atoms with Crippen LogP contribution in [-0.2, 0) is 10.0 Å². The predicted molar refractivity (Wildman–Crippen MR) is 79.7 cm³/mol. The van der Waals surface area contributed by atoms with Gasteiger partial charge in [0.1, 0.15) is 4.60 Å². The lowest BCUT2D eigenvalue weighted by atomic mass is 10.4. The Labute approximate surface area is 126 Å². The van der Waals surface area contributed by atoms with Gasteiger partial charge in [-0.25, -0.2) is 18.4 Å². The summed E-state index contributed by atoms with van der Waals surface area (Å²) >= 11 is 5.24. The molecule has 8 heteroatoms. The van der Waals surface area contributed by atoms with Gasteiger partial charge in [-0.05, 0) is 62.8 Å². The molecule has 0 amide bonds. The second kappa shape index (κ2) is 5.49. The van der Waals surface area contributed by atoms with Gasteiger partial charge in [0.25, 0.3) is 10.0 Å². The normalized spacial score (nSPS) is 11.2. The summed E-state index contributed by atoms with van der Waals surface area (Å²) in [7, 11) is -3.61. The van der Waals surface area contributed by atoms with Gasteiger partial charge in [-0.15, -0.1) is 0 Å². The van der Waals surface area contributed by atoms with Crippen LogP contribution in [-0.4, -0.2) is 18.4 Å². The molecule has 0 bridgehead atoms. The van der Waals surface area contributed by atoms with E-state index in [1.54, 1.807) is 12.1 Å². The van der Waals surface area contributed by atoms with Crippen LogP contribution in [0.2, 0.25) is 0 Å². The minimum atomic E-state index is -3.61. The van der Waals surface area contributed by atoms with Crippen molar-refractivity contribution in [3.8, 4) is 0 Å². The second-order valence-electron chi connectivity index (χ2n) is 3.28. The highest BCUT2D eigenvalue weighted by Crippen LogP contribution is 2.16. The number of sulfonamides is 1. The van der Waals surface area contributed by atoms with Crippen molar-refractivity contribution >= 4 is 54.4 Å². The first-order chi connectivity index (χ1) is 8.47. The number of hydrogen-bond acceptors (Lipinski definition) is 4. The average molecular weight is 440 g/mol. The van der Waals surface area contributed by atoms with Crippen LogP contribution in [0.25, 0.3) is 0 Å². The number of aromatic nitrogens is 2. The van der Waals surface area contributed by atoms with Crippen LogP contribution in [0.1, 0.15) is 0 Å². The molecule has 1 aromatic carbocycles. The third kappa shape index (κ3) is 3.39. The van der Waals surface area contributed by atoms with E-state index in [-0.39, 0.29) is 10.7 Å². The van der Waals surface area contributed by atoms with E-state index in [9.17, 15) is 8.42 Å². The Morgan fingerprint density at radius 2 is 1.78 bits per heavy atom. The number of rotatable bonds is 3. The monoisotopic (exact) mass is 439 g/mol. The summed E-state index contributed by atoms with van der Waals surface area (Å²) in [6, 6.07) is 6.53. The number of benzene rings is 1. The molecule has 0 aliphatic carbocycles. The Morgan fingerprint density at radius 3 is 2.33 bits per heavy atom. The topological polar surface area (TPSA) is 72.0 Å². The lowest BCUT2D eigenvalue weighted by Crippen LogP contribution is -2.14. The van der Waals surface area contributed by atoms with E-state index in [4.69, 9.17) is 0 Å². The first kappa shape index (κ1) is 13.7. The Morgan fingerprint density at radius 1 is 1.11 bits per heavy atom. The van der Waals surface area contributed by atoms with Crippen molar-refractivity contribution in [2.24, 2.45) is 0 Å². The fourth-order valence-electron chi connectivity index (χ4n) is 1.18. The summed E-state index contributed by atoms with van der Waals surface area (Å²) in [5.74, 6) is 0.178. The van der Waals surface area contributed by atoms with Crippen molar-refractivity contribution in [3.05, 3.63) is 44.8 Å². The van der Waals surface area contributed by atoms with Gasteiger partial charge in [-0.2, -0.15) is 0 Å². The maximum atomic E-state index is 12.0. The molecule has 18 heavy (non-hydrogen) atoms. The van der Waals surface area contributed by atoms with E-state index in [1.807, 2.05) is 0 Å². The molecular weight excluding hydrogens is 433 g/mol. The standard InChI is InChI=1S/C10H7BrIN3O2S/c11-9-5-14-10(6-13-9)15-18(16,17)8-3-1-7(12)2-4-8/h1-6H,(H,14,15). The summed E-state index contributed by atoms with van der Waals surface area (Å²) in [4.78, 5) is 7.99. The average Bonchev–Trinajstić information content (AvgIpc) is 2.32. The van der Waals surface area contributed by atoms with Gasteiger partial charge in [-0.1, -0.05) is 0 Å². The van der Waals surface area contributed by atoms with Crippen LogP contribution in [0.4, 0.5) is 5.82 Å². The minimum Gasteiger partial charge on any atom is -0.262 e. The zero-order chi connectivity index (χ0) is 13.2. The molecule has 1 aromatic heterocycles. The first-order valence-corrected chi connectivity index (χ1v) is 8.09. The molecule has 0 radical (unpaired) electrons. The van der Waals surface area contributed by atoms with Crippen LogP contribution in [0.15, 0.2) is 46.2 Å². The van der Waals surface area contributed by atoms with E-state index >= 15 is 0 Å². The molecule has 1 heterocycles. The number of nitrogens with one attached hydrogen (secondary N) is 1. The van der Waals surface area contributed by atoms with Crippen molar-refractivity contribution in [1.29, 1.82) is 0 Å². The van der Waals surface area contributed by atoms with Gasteiger partial charge in [0.2, 0.25) is 0 Å². The molecule has 5 nitrogen and oxygen atoms in total. The molecule has 2 aromatic rings. The van der Waals surface area contributed by atoms with Gasteiger partial charge in [0, 0.05) is 3.57 Å². The number of anilines is 1. The predicted octanol–water partition coefficient (Wildman–Crippen LogP) is 2.64. The van der Waals surface area contributed by atoms with Gasteiger partial charge in [0.05, 0.1) is 17.3 Å². The molecule has 0 saturated carbocycles. The first-order valence-electron chi connectivity index (χ1n) is 4.73. The Bertz CT molecular complexity index is 644. The SMILES string of the molecule is O=S(=O)(Nc1cnc(Br)cn1)c1ccc(I)cc1. The molecule has 1 N–H and O–H groups in total. The van der Waals surface area contributed by atoms with E-state index in [0.717, 1.165) is 3.57 Å². The summed E-state index contributed by atoms with van der Waals surface area (Å²) in [6.07, 6.45) is 2.76. The summed E-state index contributed by atoms with van der Waals surface area (Å²) in [6.45, 7) is 0. The molecular formula is C10H7BrIN3O2S. The van der Waals surface area contributed by atoms with Crippen LogP contribution in [0, 0.1) is 3.57 Å². The molecule has 0 aliphatic rings. The molecule has 0 atom stereocenters. The molecule has 94 valence electrons. The number of hydrogen-bond donors (Lipinski definition) is 1. The van der Waals surface area contributed by atoms with E-state index < -0.39 is 10.0 Å². The van der Waals surface area contributed by atoms with Gasteiger partial charge in [-0.3, -0.25) is 4.72 Å². The minimum absolute atomic E-state index is 0.178. The smallest absolute Gasteiger partial charge is 0.262 e. The van der Waals surface area contributed by atoms with Crippen LogP contribution < -0.4 is 4.72 Å². The Kier molecular flexibility index (Phi) is 4.17. The lowest BCUT2D eigenvalue weighted by molar-refractivity contribution is 0.601. The summed E-state index contributed by atoms with van der Waals surface area (Å²) < 4.78 is 27.9. The van der Waals surface area contributed by atoms with E-state index in [0.29, 0.717) is 4.60 Å². The largest absolute Gasteiger partial charge is 0.263 e. The van der Waals surface area contributed by atoms with Gasteiger partial charge >= 0.3 is 0 Å². The highest BCUT2D eigenvalue weighted by molar-refractivity contribution is 14.1. The fraction of sp³-hybridized carbons (Fsp3) is 0. The number of nitrogens with zero attached hydrogens (tertiary/aromatic N) is 2. The van der Waals surface area contributed by atoms with Crippen molar-refractivity contribution < 1.29 is 8.42 Å². The zero-order valence-electron chi connectivity index (χ0n) is 8.84. The third-order valence-corrected chi connectivity index (χ3v) is 4.48.